The Kier molecular flexibility index (Phi) is 5.72. The van der Waals surface area contributed by atoms with E-state index in [0.29, 0.717) is 17.1 Å². The highest BCUT2D eigenvalue weighted by molar-refractivity contribution is 14.1. The van der Waals surface area contributed by atoms with E-state index in [4.69, 9.17) is 18.0 Å². The van der Waals surface area contributed by atoms with Crippen LogP contribution in [0.5, 0.6) is 0 Å². The second kappa shape index (κ2) is 7.33. The van der Waals surface area contributed by atoms with Crippen molar-refractivity contribution in [3.05, 3.63) is 67.2 Å². The Bertz CT molecular complexity index is 689. The van der Waals surface area contributed by atoms with Crippen LogP contribution in [0.25, 0.3) is 0 Å². The van der Waals surface area contributed by atoms with Gasteiger partial charge in [0.05, 0.1) is 5.56 Å². The molecule has 2 aromatic carbocycles. The van der Waals surface area contributed by atoms with Crippen molar-refractivity contribution < 1.29 is 4.79 Å². The molecule has 0 spiro atoms. The molecule has 21 heavy (non-hydrogen) atoms. The van der Waals surface area contributed by atoms with E-state index < -0.39 is 0 Å². The topological polar surface area (TPSA) is 55.1 Å². The highest BCUT2D eigenvalue weighted by Gasteiger charge is 2.10. The van der Waals surface area contributed by atoms with Gasteiger partial charge in [-0.25, -0.2) is 0 Å². The van der Waals surface area contributed by atoms with E-state index in [1.165, 1.54) is 0 Å². The number of rotatable bonds is 4. The fourth-order valence-electron chi connectivity index (χ4n) is 1.74. The van der Waals surface area contributed by atoms with Gasteiger partial charge in [-0.1, -0.05) is 52.4 Å². The summed E-state index contributed by atoms with van der Waals surface area (Å²) in [6.45, 7) is 0.457. The van der Waals surface area contributed by atoms with Gasteiger partial charge in [0.2, 0.25) is 0 Å². The molecule has 0 heterocycles. The molecule has 0 aliphatic heterocycles. The zero-order valence-corrected chi connectivity index (χ0v) is 15.5. The molecule has 1 amide bonds. The van der Waals surface area contributed by atoms with Crippen molar-refractivity contribution >= 4 is 61.6 Å². The number of amides is 1. The van der Waals surface area contributed by atoms with Gasteiger partial charge in [-0.15, -0.1) is 0 Å². The molecule has 3 N–H and O–H groups in total. The number of nitrogens with two attached hydrogens (primary N) is 1. The van der Waals surface area contributed by atoms with E-state index in [9.17, 15) is 4.79 Å². The molecule has 0 saturated carbocycles. The first-order valence-electron chi connectivity index (χ1n) is 6.09. The van der Waals surface area contributed by atoms with Crippen molar-refractivity contribution in [2.24, 2.45) is 5.73 Å². The smallest absolute Gasteiger partial charge is 0.252 e. The van der Waals surface area contributed by atoms with Crippen molar-refractivity contribution in [2.45, 2.75) is 6.54 Å². The third kappa shape index (κ3) is 4.49. The molecule has 2 aromatic rings. The highest BCUT2D eigenvalue weighted by Crippen LogP contribution is 2.18. The van der Waals surface area contributed by atoms with Crippen LogP contribution in [-0.4, -0.2) is 10.9 Å². The molecule has 3 nitrogen and oxygen atoms in total. The average Bonchev–Trinajstić information content (AvgIpc) is 2.47. The Morgan fingerprint density at radius 2 is 1.90 bits per heavy atom. The Labute approximate surface area is 150 Å². The van der Waals surface area contributed by atoms with E-state index in [0.717, 1.165) is 19.2 Å². The molecule has 0 aromatic heterocycles. The lowest BCUT2D eigenvalue weighted by molar-refractivity contribution is 0.0950. The largest absolute Gasteiger partial charge is 0.389 e. The standard InChI is InChI=1S/C15H12BrIN2OS/c16-11-5-6-13(17)12(7-11)15(20)19-8-9-1-3-10(4-2-9)14(18)21/h1-7H,8H2,(H2,18,21)(H,19,20). The van der Waals surface area contributed by atoms with Gasteiger partial charge in [0.15, 0.2) is 0 Å². The van der Waals surface area contributed by atoms with E-state index >= 15 is 0 Å². The normalized spacial score (nSPS) is 10.2. The van der Waals surface area contributed by atoms with E-state index in [1.54, 1.807) is 0 Å². The van der Waals surface area contributed by atoms with Gasteiger partial charge in [-0.05, 0) is 46.4 Å². The van der Waals surface area contributed by atoms with Crippen LogP contribution in [-0.2, 0) is 6.54 Å². The number of thiocarbonyl (C=S) groups is 1. The van der Waals surface area contributed by atoms with Crippen LogP contribution in [0, 0.1) is 3.57 Å². The summed E-state index contributed by atoms with van der Waals surface area (Å²) in [4.78, 5) is 12.6. The number of carbonyl (C=O) groups is 1. The van der Waals surface area contributed by atoms with Gasteiger partial charge < -0.3 is 11.1 Å². The molecule has 0 fully saturated rings. The lowest BCUT2D eigenvalue weighted by atomic mass is 10.1. The lowest BCUT2D eigenvalue weighted by Gasteiger charge is -2.08. The number of carbonyl (C=O) groups excluding carboxylic acids is 1. The molecule has 0 atom stereocenters. The van der Waals surface area contributed by atoms with Crippen molar-refractivity contribution in [3.8, 4) is 0 Å². The molecule has 0 saturated heterocycles. The van der Waals surface area contributed by atoms with Crippen molar-refractivity contribution in [2.75, 3.05) is 0 Å². The fourth-order valence-corrected chi connectivity index (χ4v) is 2.81. The van der Waals surface area contributed by atoms with Crippen LogP contribution in [0.3, 0.4) is 0 Å². The van der Waals surface area contributed by atoms with Crippen molar-refractivity contribution in [3.63, 3.8) is 0 Å². The van der Waals surface area contributed by atoms with Gasteiger partial charge >= 0.3 is 0 Å². The molecule has 0 aliphatic rings. The van der Waals surface area contributed by atoms with Gasteiger partial charge in [0.25, 0.3) is 5.91 Å². The van der Waals surface area contributed by atoms with Crippen LogP contribution in [0.15, 0.2) is 46.9 Å². The predicted octanol–water partition coefficient (Wildman–Crippen LogP) is 3.62. The molecule has 2 rings (SSSR count). The zero-order valence-electron chi connectivity index (χ0n) is 10.9. The molecule has 0 bridgehead atoms. The monoisotopic (exact) mass is 474 g/mol. The molecule has 108 valence electrons. The van der Waals surface area contributed by atoms with Crippen LogP contribution in [0.4, 0.5) is 0 Å². The summed E-state index contributed by atoms with van der Waals surface area (Å²) in [5.41, 5.74) is 8.02. The fraction of sp³-hybridized carbons (Fsp3) is 0.0667. The maximum absolute atomic E-state index is 12.2. The first kappa shape index (κ1) is 16.4. The Balaban J connectivity index is 2.04. The summed E-state index contributed by atoms with van der Waals surface area (Å²) in [5, 5.41) is 2.90. The second-order valence-electron chi connectivity index (χ2n) is 4.37. The maximum Gasteiger partial charge on any atom is 0.252 e. The highest BCUT2D eigenvalue weighted by atomic mass is 127. The quantitative estimate of drug-likeness (QED) is 0.525. The van der Waals surface area contributed by atoms with E-state index in [-0.39, 0.29) is 5.91 Å². The minimum absolute atomic E-state index is 0.0980. The summed E-state index contributed by atoms with van der Waals surface area (Å²) >= 11 is 10.4. The predicted molar refractivity (Wildman–Crippen MR) is 100 cm³/mol. The summed E-state index contributed by atoms with van der Waals surface area (Å²) < 4.78 is 1.80. The molecule has 0 aliphatic carbocycles. The van der Waals surface area contributed by atoms with E-state index in [2.05, 4.69) is 43.8 Å². The third-order valence-corrected chi connectivity index (χ3v) is 4.53. The Morgan fingerprint density at radius 3 is 2.52 bits per heavy atom. The molecule has 0 radical (unpaired) electrons. The Morgan fingerprint density at radius 1 is 1.24 bits per heavy atom. The molecular formula is C15H12BrIN2OS. The van der Waals surface area contributed by atoms with Crippen molar-refractivity contribution in [1.82, 2.24) is 5.32 Å². The van der Waals surface area contributed by atoms with Crippen LogP contribution in [0.2, 0.25) is 0 Å². The number of hydrogen-bond acceptors (Lipinski definition) is 2. The zero-order chi connectivity index (χ0) is 15.4. The van der Waals surface area contributed by atoms with E-state index in [1.807, 2.05) is 42.5 Å². The average molecular weight is 475 g/mol. The van der Waals surface area contributed by atoms with Crippen LogP contribution >= 0.6 is 50.7 Å². The Hall–Kier alpha value is -0.990. The third-order valence-electron chi connectivity index (χ3n) is 2.86. The minimum atomic E-state index is -0.0980. The van der Waals surface area contributed by atoms with Gasteiger partial charge in [0.1, 0.15) is 4.99 Å². The first-order chi connectivity index (χ1) is 9.97. The minimum Gasteiger partial charge on any atom is -0.389 e. The maximum atomic E-state index is 12.2. The summed E-state index contributed by atoms with van der Waals surface area (Å²) in [6, 6.07) is 13.1. The van der Waals surface area contributed by atoms with Gasteiger partial charge in [-0.3, -0.25) is 4.79 Å². The molecule has 6 heteroatoms. The summed E-state index contributed by atoms with van der Waals surface area (Å²) in [5.74, 6) is -0.0980. The first-order valence-corrected chi connectivity index (χ1v) is 8.37. The number of hydrogen-bond donors (Lipinski definition) is 2. The number of halogens is 2. The number of nitrogens with one attached hydrogen (secondary N) is 1. The second-order valence-corrected chi connectivity index (χ2v) is 6.89. The molecule has 0 unspecified atom stereocenters. The lowest BCUT2D eigenvalue weighted by Crippen LogP contribution is -2.23. The summed E-state index contributed by atoms with van der Waals surface area (Å²) in [7, 11) is 0. The van der Waals surface area contributed by atoms with Gasteiger partial charge in [-0.2, -0.15) is 0 Å². The van der Waals surface area contributed by atoms with Crippen LogP contribution < -0.4 is 11.1 Å². The van der Waals surface area contributed by atoms with Crippen LogP contribution in [0.1, 0.15) is 21.5 Å². The number of benzene rings is 2. The molecular weight excluding hydrogens is 463 g/mol. The van der Waals surface area contributed by atoms with Crippen molar-refractivity contribution in [1.29, 1.82) is 0 Å². The SMILES string of the molecule is NC(=S)c1ccc(CNC(=O)c2cc(Br)ccc2I)cc1. The van der Waals surface area contributed by atoms with Gasteiger partial charge in [0, 0.05) is 20.2 Å². The summed E-state index contributed by atoms with van der Waals surface area (Å²) in [6.07, 6.45) is 0.